The fraction of sp³-hybridized carbons (Fsp3) is 0.286. The highest BCUT2D eigenvalue weighted by Crippen LogP contribution is 2.18. The van der Waals surface area contributed by atoms with Gasteiger partial charge in [0.25, 0.3) is 5.91 Å². The first-order valence-corrected chi connectivity index (χ1v) is 7.08. The average molecular weight is 291 g/mol. The Morgan fingerprint density at radius 1 is 1.40 bits per heavy atom. The maximum atomic E-state index is 11.9. The molecule has 0 saturated heterocycles. The van der Waals surface area contributed by atoms with Crippen molar-refractivity contribution in [3.63, 3.8) is 0 Å². The van der Waals surface area contributed by atoms with Gasteiger partial charge >= 0.3 is 0 Å². The second kappa shape index (κ2) is 6.49. The molecule has 2 N–H and O–H groups in total. The Kier molecular flexibility index (Phi) is 4.70. The lowest BCUT2D eigenvalue weighted by Crippen LogP contribution is -2.28. The molecule has 1 unspecified atom stereocenters. The van der Waals surface area contributed by atoms with Crippen LogP contribution in [0.5, 0.6) is 0 Å². The molecule has 106 valence electrons. The van der Waals surface area contributed by atoms with Crippen LogP contribution in [0.4, 0.5) is 5.13 Å². The predicted octanol–water partition coefficient (Wildman–Crippen LogP) is 1.56. The van der Waals surface area contributed by atoms with Gasteiger partial charge in [0.05, 0.1) is 12.2 Å². The smallest absolute Gasteiger partial charge is 0.253 e. The normalized spacial score (nSPS) is 11.9. The van der Waals surface area contributed by atoms with Crippen LogP contribution in [0.25, 0.3) is 0 Å². The van der Waals surface area contributed by atoms with Crippen molar-refractivity contribution in [3.8, 4) is 0 Å². The highest BCUT2D eigenvalue weighted by Gasteiger charge is 2.16. The van der Waals surface area contributed by atoms with Gasteiger partial charge in [0.15, 0.2) is 11.2 Å². The molecule has 0 bridgehead atoms. The molecule has 2 aromatic rings. The lowest BCUT2D eigenvalue weighted by atomic mass is 10.1. The summed E-state index contributed by atoms with van der Waals surface area (Å²) in [6.45, 7) is 0.313. The second-order valence-corrected chi connectivity index (χ2v) is 5.38. The molecule has 0 aliphatic carbocycles. The zero-order valence-corrected chi connectivity index (χ0v) is 12.2. The number of carbonyl (C=O) groups excluding carboxylic acids is 1. The largest absolute Gasteiger partial charge is 0.378 e. The zero-order chi connectivity index (χ0) is 14.5. The van der Waals surface area contributed by atoms with E-state index in [0.717, 1.165) is 10.8 Å². The highest BCUT2D eigenvalue weighted by molar-refractivity contribution is 7.13. The topological polar surface area (TPSA) is 65.5 Å². The van der Waals surface area contributed by atoms with Crippen LogP contribution in [0.1, 0.15) is 17.4 Å². The van der Waals surface area contributed by atoms with E-state index in [9.17, 15) is 9.90 Å². The Hall–Kier alpha value is -1.92. The molecule has 5 nitrogen and oxygen atoms in total. The number of aliphatic hydroxyl groups is 1. The van der Waals surface area contributed by atoms with Crippen LogP contribution in [0.2, 0.25) is 0 Å². The molecule has 1 aromatic carbocycles. The van der Waals surface area contributed by atoms with Gasteiger partial charge in [-0.15, -0.1) is 11.3 Å². The Morgan fingerprint density at radius 3 is 2.70 bits per heavy atom. The van der Waals surface area contributed by atoms with Gasteiger partial charge in [0.1, 0.15) is 0 Å². The minimum absolute atomic E-state index is 0.313. The third-order valence-corrected chi connectivity index (χ3v) is 3.79. The summed E-state index contributed by atoms with van der Waals surface area (Å²) in [5.74, 6) is -0.421. The van der Waals surface area contributed by atoms with Gasteiger partial charge in [-0.3, -0.25) is 4.79 Å². The molecule has 1 aromatic heterocycles. The van der Waals surface area contributed by atoms with Crippen LogP contribution < -0.4 is 10.2 Å². The van der Waals surface area contributed by atoms with E-state index in [2.05, 4.69) is 10.3 Å². The number of carbonyl (C=O) groups is 1. The van der Waals surface area contributed by atoms with E-state index in [1.807, 2.05) is 30.4 Å². The summed E-state index contributed by atoms with van der Waals surface area (Å²) >= 11 is 1.52. The Morgan fingerprint density at radius 2 is 2.10 bits per heavy atom. The van der Waals surface area contributed by atoms with Gasteiger partial charge in [0.2, 0.25) is 0 Å². The Balaban J connectivity index is 1.91. The molecule has 6 heteroatoms. The van der Waals surface area contributed by atoms with Gasteiger partial charge in [0, 0.05) is 19.5 Å². The molecule has 1 atom stereocenters. The number of rotatable bonds is 5. The molecule has 0 spiro atoms. The molecular formula is C14H17N3O2S. The molecule has 0 aliphatic heterocycles. The number of amides is 1. The minimum Gasteiger partial charge on any atom is -0.378 e. The lowest BCUT2D eigenvalue weighted by molar-refractivity contribution is -0.129. The summed E-state index contributed by atoms with van der Waals surface area (Å²) in [5.41, 5.74) is 1.37. The van der Waals surface area contributed by atoms with Crippen molar-refractivity contribution >= 4 is 22.4 Å². The van der Waals surface area contributed by atoms with Crippen molar-refractivity contribution in [3.05, 3.63) is 47.0 Å². The number of thiazole rings is 1. The Labute approximate surface area is 121 Å². The van der Waals surface area contributed by atoms with Crippen molar-refractivity contribution in [2.45, 2.75) is 12.6 Å². The van der Waals surface area contributed by atoms with Crippen molar-refractivity contribution < 1.29 is 9.90 Å². The Bertz CT molecular complexity index is 569. The molecule has 1 amide bonds. The first kappa shape index (κ1) is 14.5. The summed E-state index contributed by atoms with van der Waals surface area (Å²) in [6, 6.07) is 8.85. The van der Waals surface area contributed by atoms with Gasteiger partial charge in [-0.1, -0.05) is 30.3 Å². The first-order chi connectivity index (χ1) is 9.58. The van der Waals surface area contributed by atoms with E-state index in [0.29, 0.717) is 12.1 Å². The van der Waals surface area contributed by atoms with Crippen LogP contribution in [0, 0.1) is 0 Å². The van der Waals surface area contributed by atoms with Crippen LogP contribution in [-0.4, -0.2) is 30.1 Å². The standard InChI is InChI=1S/C14H17N3O2S/c1-17(2)14-16-11(9-20-14)8-15-13(19)12(18)10-6-4-3-5-7-10/h3-7,9,12,18H,8H2,1-2H3,(H,15,19). The monoisotopic (exact) mass is 291 g/mol. The number of benzene rings is 1. The lowest BCUT2D eigenvalue weighted by Gasteiger charge is -2.10. The van der Waals surface area contributed by atoms with Crippen molar-refractivity contribution in [2.75, 3.05) is 19.0 Å². The second-order valence-electron chi connectivity index (χ2n) is 4.55. The molecule has 20 heavy (non-hydrogen) atoms. The first-order valence-electron chi connectivity index (χ1n) is 6.20. The third kappa shape index (κ3) is 3.55. The van der Waals surface area contributed by atoms with Crippen LogP contribution in [-0.2, 0) is 11.3 Å². The molecule has 0 radical (unpaired) electrons. The van der Waals surface area contributed by atoms with Crippen LogP contribution in [0.3, 0.4) is 0 Å². The zero-order valence-electron chi connectivity index (χ0n) is 11.4. The van der Waals surface area contributed by atoms with E-state index < -0.39 is 12.0 Å². The van der Waals surface area contributed by atoms with E-state index in [1.165, 1.54) is 11.3 Å². The highest BCUT2D eigenvalue weighted by atomic mass is 32.1. The SMILES string of the molecule is CN(C)c1nc(CNC(=O)C(O)c2ccccc2)cs1. The molecule has 0 saturated carbocycles. The van der Waals surface area contributed by atoms with E-state index in [-0.39, 0.29) is 0 Å². The summed E-state index contributed by atoms with van der Waals surface area (Å²) in [6.07, 6.45) is -1.15. The molecule has 1 heterocycles. The van der Waals surface area contributed by atoms with Crippen LogP contribution >= 0.6 is 11.3 Å². The van der Waals surface area contributed by atoms with Crippen molar-refractivity contribution in [1.29, 1.82) is 0 Å². The maximum absolute atomic E-state index is 11.9. The minimum atomic E-state index is -1.15. The van der Waals surface area contributed by atoms with Crippen molar-refractivity contribution in [2.24, 2.45) is 0 Å². The molecule has 0 fully saturated rings. The average Bonchev–Trinajstić information content (AvgIpc) is 2.94. The van der Waals surface area contributed by atoms with Crippen LogP contribution in [0.15, 0.2) is 35.7 Å². The number of aliphatic hydroxyl groups excluding tert-OH is 1. The van der Waals surface area contributed by atoms with Gasteiger partial charge in [-0.2, -0.15) is 0 Å². The quantitative estimate of drug-likeness (QED) is 0.877. The summed E-state index contributed by atoms with van der Waals surface area (Å²) < 4.78 is 0. The number of nitrogens with zero attached hydrogens (tertiary/aromatic N) is 2. The fourth-order valence-electron chi connectivity index (χ4n) is 1.64. The third-order valence-electron chi connectivity index (χ3n) is 2.73. The maximum Gasteiger partial charge on any atom is 0.253 e. The van der Waals surface area contributed by atoms with E-state index in [4.69, 9.17) is 0 Å². The number of nitrogens with one attached hydrogen (secondary N) is 1. The van der Waals surface area contributed by atoms with Gasteiger partial charge in [-0.05, 0) is 5.56 Å². The summed E-state index contributed by atoms with van der Waals surface area (Å²) in [7, 11) is 3.83. The molecular weight excluding hydrogens is 274 g/mol. The fourth-order valence-corrected chi connectivity index (χ4v) is 2.40. The van der Waals surface area contributed by atoms with E-state index in [1.54, 1.807) is 24.3 Å². The summed E-state index contributed by atoms with van der Waals surface area (Å²) in [4.78, 5) is 18.1. The summed E-state index contributed by atoms with van der Waals surface area (Å²) in [5, 5.41) is 15.4. The number of hydrogen-bond donors (Lipinski definition) is 2. The molecule has 2 rings (SSSR count). The van der Waals surface area contributed by atoms with Gasteiger partial charge < -0.3 is 15.3 Å². The van der Waals surface area contributed by atoms with E-state index >= 15 is 0 Å². The number of aromatic nitrogens is 1. The predicted molar refractivity (Wildman–Crippen MR) is 79.7 cm³/mol. The number of hydrogen-bond acceptors (Lipinski definition) is 5. The molecule has 0 aliphatic rings. The van der Waals surface area contributed by atoms with Crippen molar-refractivity contribution in [1.82, 2.24) is 10.3 Å². The van der Waals surface area contributed by atoms with Gasteiger partial charge in [-0.25, -0.2) is 4.98 Å². The number of anilines is 1.